The van der Waals surface area contributed by atoms with Crippen molar-refractivity contribution in [3.8, 4) is 28.8 Å². The van der Waals surface area contributed by atoms with Gasteiger partial charge in [-0.1, -0.05) is 0 Å². The average molecular weight is 442 g/mol. The van der Waals surface area contributed by atoms with Crippen molar-refractivity contribution in [1.82, 2.24) is 15.0 Å². The molecule has 4 heterocycles. The summed E-state index contributed by atoms with van der Waals surface area (Å²) in [6.07, 6.45) is 0.459. The Hall–Kier alpha value is -3.82. The summed E-state index contributed by atoms with van der Waals surface area (Å²) >= 11 is 0. The number of carbonyl (C=O) groups is 1. The van der Waals surface area contributed by atoms with E-state index < -0.39 is 13.0 Å². The van der Waals surface area contributed by atoms with Crippen molar-refractivity contribution in [3.63, 3.8) is 0 Å². The number of ether oxygens (including phenoxy) is 3. The molecule has 1 amide bonds. The SMILES string of the molecule is COc1cc(-c2cc(C)c3c(n2)CN(c2ccc(OCC(F)F)nc2)C3=O)cnc1OC. The average Bonchev–Trinajstić information content (AvgIpc) is 3.14. The summed E-state index contributed by atoms with van der Waals surface area (Å²) in [6.45, 7) is 1.36. The van der Waals surface area contributed by atoms with E-state index in [2.05, 4.69) is 15.0 Å². The minimum atomic E-state index is -2.59. The first kappa shape index (κ1) is 21.4. The van der Waals surface area contributed by atoms with Crippen LogP contribution in [0.3, 0.4) is 0 Å². The number of aryl methyl sites for hydroxylation is 1. The highest BCUT2D eigenvalue weighted by Gasteiger charge is 2.32. The predicted molar refractivity (Wildman–Crippen MR) is 112 cm³/mol. The molecule has 166 valence electrons. The monoisotopic (exact) mass is 442 g/mol. The highest BCUT2D eigenvalue weighted by molar-refractivity contribution is 6.10. The molecule has 0 saturated heterocycles. The van der Waals surface area contributed by atoms with Gasteiger partial charge in [0.2, 0.25) is 5.88 Å². The van der Waals surface area contributed by atoms with Gasteiger partial charge in [-0.2, -0.15) is 0 Å². The van der Waals surface area contributed by atoms with Crippen LogP contribution >= 0.6 is 0 Å². The van der Waals surface area contributed by atoms with E-state index in [0.717, 1.165) is 11.1 Å². The number of methoxy groups -OCH3 is 2. The van der Waals surface area contributed by atoms with Gasteiger partial charge in [-0.15, -0.1) is 0 Å². The Morgan fingerprint density at radius 2 is 1.94 bits per heavy atom. The molecule has 10 heteroatoms. The molecule has 1 aliphatic rings. The molecule has 0 radical (unpaired) electrons. The minimum Gasteiger partial charge on any atom is -0.491 e. The molecule has 3 aromatic heterocycles. The maximum Gasteiger partial charge on any atom is 0.272 e. The minimum absolute atomic E-state index is 0.0655. The van der Waals surface area contributed by atoms with Crippen LogP contribution in [0.4, 0.5) is 14.5 Å². The number of halogens is 2. The van der Waals surface area contributed by atoms with Crippen molar-refractivity contribution < 1.29 is 27.8 Å². The molecule has 32 heavy (non-hydrogen) atoms. The Labute approximate surface area is 182 Å². The molecular weight excluding hydrogens is 422 g/mol. The van der Waals surface area contributed by atoms with E-state index in [1.165, 1.54) is 31.4 Å². The highest BCUT2D eigenvalue weighted by Crippen LogP contribution is 2.34. The van der Waals surface area contributed by atoms with E-state index in [4.69, 9.17) is 14.2 Å². The number of hydrogen-bond donors (Lipinski definition) is 0. The van der Waals surface area contributed by atoms with Crippen LogP contribution in [0.2, 0.25) is 0 Å². The van der Waals surface area contributed by atoms with Crippen LogP contribution in [0.15, 0.2) is 36.7 Å². The molecule has 0 aromatic carbocycles. The lowest BCUT2D eigenvalue weighted by Gasteiger charge is -2.15. The first-order valence-corrected chi connectivity index (χ1v) is 9.69. The van der Waals surface area contributed by atoms with Crippen LogP contribution in [0.25, 0.3) is 11.3 Å². The summed E-state index contributed by atoms with van der Waals surface area (Å²) in [5.41, 5.74) is 3.82. The van der Waals surface area contributed by atoms with E-state index in [9.17, 15) is 13.6 Å². The zero-order valence-corrected chi connectivity index (χ0v) is 17.6. The molecule has 0 fully saturated rings. The lowest BCUT2D eigenvalue weighted by atomic mass is 10.1. The molecule has 0 saturated carbocycles. The lowest BCUT2D eigenvalue weighted by Crippen LogP contribution is -2.23. The molecule has 0 atom stereocenters. The number of fused-ring (bicyclic) bond motifs is 1. The molecule has 0 unspecified atom stereocenters. The maximum absolute atomic E-state index is 13.0. The van der Waals surface area contributed by atoms with Gasteiger partial charge in [0.15, 0.2) is 12.4 Å². The molecule has 0 N–H and O–H groups in total. The van der Waals surface area contributed by atoms with E-state index in [0.29, 0.717) is 34.3 Å². The van der Waals surface area contributed by atoms with Crippen molar-refractivity contribution in [2.45, 2.75) is 19.9 Å². The summed E-state index contributed by atoms with van der Waals surface area (Å²) < 4.78 is 40.0. The molecule has 0 bridgehead atoms. The van der Waals surface area contributed by atoms with E-state index in [1.54, 1.807) is 18.3 Å². The van der Waals surface area contributed by atoms with Gasteiger partial charge >= 0.3 is 0 Å². The number of carbonyl (C=O) groups excluding carboxylic acids is 1. The molecule has 3 aromatic rings. The van der Waals surface area contributed by atoms with Gasteiger partial charge in [-0.3, -0.25) is 9.78 Å². The summed E-state index contributed by atoms with van der Waals surface area (Å²) in [6, 6.07) is 6.65. The number of nitrogens with zero attached hydrogens (tertiary/aromatic N) is 4. The molecule has 4 rings (SSSR count). The number of pyridine rings is 3. The topological polar surface area (TPSA) is 86.7 Å². The number of amides is 1. The summed E-state index contributed by atoms with van der Waals surface area (Å²) in [5.74, 6) is 0.702. The van der Waals surface area contributed by atoms with Crippen molar-refractivity contribution in [2.24, 2.45) is 0 Å². The number of alkyl halides is 2. The van der Waals surface area contributed by atoms with E-state index >= 15 is 0 Å². The lowest BCUT2D eigenvalue weighted by molar-refractivity contribution is 0.0796. The number of anilines is 1. The smallest absolute Gasteiger partial charge is 0.272 e. The number of hydrogen-bond acceptors (Lipinski definition) is 7. The normalized spacial score (nSPS) is 12.8. The van der Waals surface area contributed by atoms with Gasteiger partial charge in [0.1, 0.15) is 0 Å². The zero-order valence-electron chi connectivity index (χ0n) is 17.6. The fourth-order valence-electron chi connectivity index (χ4n) is 3.50. The Morgan fingerprint density at radius 1 is 1.12 bits per heavy atom. The molecule has 0 aliphatic carbocycles. The fourth-order valence-corrected chi connectivity index (χ4v) is 3.50. The Kier molecular flexibility index (Phi) is 5.85. The number of aromatic nitrogens is 3. The molecular formula is C22H20F2N4O4. The number of rotatable bonds is 7. The maximum atomic E-state index is 13.0. The van der Waals surface area contributed by atoms with Crippen molar-refractivity contribution in [1.29, 1.82) is 0 Å². The van der Waals surface area contributed by atoms with E-state index in [1.807, 2.05) is 13.0 Å². The Bertz CT molecular complexity index is 1160. The summed E-state index contributed by atoms with van der Waals surface area (Å²) in [7, 11) is 3.04. The van der Waals surface area contributed by atoms with Crippen LogP contribution in [0.1, 0.15) is 21.6 Å². The van der Waals surface area contributed by atoms with Crippen LogP contribution in [0, 0.1) is 6.92 Å². The second-order valence-electron chi connectivity index (χ2n) is 7.03. The third kappa shape index (κ3) is 4.03. The van der Waals surface area contributed by atoms with Gasteiger partial charge in [0.05, 0.1) is 49.6 Å². The van der Waals surface area contributed by atoms with Crippen LogP contribution in [0.5, 0.6) is 17.5 Å². The van der Waals surface area contributed by atoms with E-state index in [-0.39, 0.29) is 18.3 Å². The largest absolute Gasteiger partial charge is 0.491 e. The second-order valence-corrected chi connectivity index (χ2v) is 7.03. The molecule has 1 aliphatic heterocycles. The molecule has 0 spiro atoms. The summed E-state index contributed by atoms with van der Waals surface area (Å²) in [5, 5.41) is 0. The standard InChI is InChI=1S/C22H20F2N4O4/c1-12-6-15(13-7-17(30-2)21(31-3)26-8-13)27-16-10-28(22(29)20(12)16)14-4-5-19(25-9-14)32-11-18(23)24/h4-9,18H,10-11H2,1-3H3. The van der Waals surface area contributed by atoms with Crippen molar-refractivity contribution in [3.05, 3.63) is 53.5 Å². The Morgan fingerprint density at radius 3 is 2.59 bits per heavy atom. The van der Waals surface area contributed by atoms with Crippen molar-refractivity contribution in [2.75, 3.05) is 25.7 Å². The van der Waals surface area contributed by atoms with Gasteiger partial charge in [0, 0.05) is 17.8 Å². The van der Waals surface area contributed by atoms with Gasteiger partial charge in [0.25, 0.3) is 18.2 Å². The van der Waals surface area contributed by atoms with Gasteiger partial charge < -0.3 is 19.1 Å². The Balaban J connectivity index is 1.61. The predicted octanol–water partition coefficient (Wildman–Crippen LogP) is 3.67. The van der Waals surface area contributed by atoms with Crippen LogP contribution in [-0.4, -0.2) is 48.1 Å². The zero-order chi connectivity index (χ0) is 22.8. The fraction of sp³-hybridized carbons (Fsp3) is 0.273. The second kappa shape index (κ2) is 8.74. The third-order valence-electron chi connectivity index (χ3n) is 4.98. The quantitative estimate of drug-likeness (QED) is 0.552. The summed E-state index contributed by atoms with van der Waals surface area (Å²) in [4.78, 5) is 27.5. The van der Waals surface area contributed by atoms with Crippen molar-refractivity contribution >= 4 is 11.6 Å². The van der Waals surface area contributed by atoms with Gasteiger partial charge in [-0.25, -0.2) is 18.7 Å². The first-order valence-electron chi connectivity index (χ1n) is 9.69. The van der Waals surface area contributed by atoms with Crippen LogP contribution < -0.4 is 19.1 Å². The first-order chi connectivity index (χ1) is 15.4. The van der Waals surface area contributed by atoms with Crippen LogP contribution in [-0.2, 0) is 6.54 Å². The molecule has 8 nitrogen and oxygen atoms in total. The third-order valence-corrected chi connectivity index (χ3v) is 4.98. The highest BCUT2D eigenvalue weighted by atomic mass is 19.3. The van der Waals surface area contributed by atoms with Gasteiger partial charge in [-0.05, 0) is 30.7 Å².